The average molecular weight is 400 g/mol. The molecule has 0 aliphatic carbocycles. The molecular weight excluding hydrogens is 376 g/mol. The van der Waals surface area contributed by atoms with Gasteiger partial charge in [0.15, 0.2) is 0 Å². The number of benzene rings is 1. The Morgan fingerprint density at radius 1 is 1.21 bits per heavy atom. The molecule has 1 aromatic rings. The number of hydrogen-bond acceptors (Lipinski definition) is 5. The fourth-order valence-corrected chi connectivity index (χ4v) is 4.38. The third-order valence-electron chi connectivity index (χ3n) is 5.94. The van der Waals surface area contributed by atoms with E-state index in [1.54, 1.807) is 12.1 Å². The van der Waals surface area contributed by atoms with E-state index in [1.165, 1.54) is 9.80 Å². The molecule has 29 heavy (non-hydrogen) atoms. The summed E-state index contributed by atoms with van der Waals surface area (Å²) in [6, 6.07) is 4.72. The fourth-order valence-electron chi connectivity index (χ4n) is 4.38. The molecule has 154 valence electrons. The van der Waals surface area contributed by atoms with Crippen LogP contribution in [0.2, 0.25) is 0 Å². The number of nitrogens with zero attached hydrogens (tertiary/aromatic N) is 2. The molecule has 0 bridgehead atoms. The van der Waals surface area contributed by atoms with Crippen molar-refractivity contribution < 1.29 is 24.3 Å². The number of carbonyl (C=O) groups excluding carboxylic acids is 3. The predicted molar refractivity (Wildman–Crippen MR) is 103 cm³/mol. The van der Waals surface area contributed by atoms with Gasteiger partial charge in [0.05, 0.1) is 6.04 Å². The molecule has 9 heteroatoms. The molecule has 0 spiro atoms. The second-order valence-corrected chi connectivity index (χ2v) is 7.78. The lowest BCUT2D eigenvalue weighted by atomic mass is 10.0. The van der Waals surface area contributed by atoms with Gasteiger partial charge >= 0.3 is 6.09 Å². The lowest BCUT2D eigenvalue weighted by Gasteiger charge is -2.33. The summed E-state index contributed by atoms with van der Waals surface area (Å²) in [6.07, 6.45) is 2.39. The zero-order chi connectivity index (χ0) is 20.5. The normalized spacial score (nSPS) is 24.3. The van der Waals surface area contributed by atoms with Gasteiger partial charge in [0, 0.05) is 37.3 Å². The lowest BCUT2D eigenvalue weighted by molar-refractivity contribution is -0.136. The van der Waals surface area contributed by atoms with Gasteiger partial charge in [0.25, 0.3) is 5.91 Å². The van der Waals surface area contributed by atoms with Gasteiger partial charge in [-0.2, -0.15) is 0 Å². The number of amides is 4. The Morgan fingerprint density at radius 3 is 2.79 bits per heavy atom. The molecule has 4 amide bonds. The van der Waals surface area contributed by atoms with Crippen LogP contribution in [0, 0.1) is 0 Å². The number of fused-ring (bicyclic) bond motifs is 1. The minimum atomic E-state index is -0.893. The molecule has 0 radical (unpaired) electrons. The van der Waals surface area contributed by atoms with Crippen molar-refractivity contribution >= 4 is 29.5 Å². The molecule has 4 rings (SSSR count). The van der Waals surface area contributed by atoms with Crippen molar-refractivity contribution in [3.8, 4) is 0 Å². The van der Waals surface area contributed by atoms with E-state index >= 15 is 0 Å². The summed E-state index contributed by atoms with van der Waals surface area (Å²) in [4.78, 5) is 50.6. The van der Waals surface area contributed by atoms with Crippen molar-refractivity contribution in [3.63, 3.8) is 0 Å². The van der Waals surface area contributed by atoms with Crippen molar-refractivity contribution in [1.29, 1.82) is 0 Å². The standard InChI is InChI=1S/C20H24N4O5/c25-17-7-6-16(18(26)22-17)24-11-12-9-13(4-5-15(12)19(24)27)21-10-14-3-1-2-8-23(14)20(28)29/h4-5,9,14,16,21H,1-3,6-8,10-11H2,(H,28,29)(H,22,25,26). The van der Waals surface area contributed by atoms with E-state index < -0.39 is 18.0 Å². The minimum Gasteiger partial charge on any atom is -0.465 e. The van der Waals surface area contributed by atoms with Crippen molar-refractivity contribution in [2.24, 2.45) is 0 Å². The number of hydrogen-bond donors (Lipinski definition) is 3. The van der Waals surface area contributed by atoms with Gasteiger partial charge in [0.1, 0.15) is 6.04 Å². The molecule has 2 fully saturated rings. The second-order valence-electron chi connectivity index (χ2n) is 7.78. The molecule has 3 aliphatic heterocycles. The summed E-state index contributed by atoms with van der Waals surface area (Å²) < 4.78 is 0. The van der Waals surface area contributed by atoms with E-state index in [-0.39, 0.29) is 24.3 Å². The van der Waals surface area contributed by atoms with Crippen molar-refractivity contribution in [2.75, 3.05) is 18.4 Å². The van der Waals surface area contributed by atoms with Gasteiger partial charge < -0.3 is 20.2 Å². The van der Waals surface area contributed by atoms with Crippen LogP contribution in [0.5, 0.6) is 0 Å². The zero-order valence-corrected chi connectivity index (χ0v) is 16.0. The first kappa shape index (κ1) is 19.2. The van der Waals surface area contributed by atoms with E-state index in [0.717, 1.165) is 30.5 Å². The SMILES string of the molecule is O=C1CCC(N2Cc3cc(NCC4CCCCN4C(=O)O)ccc3C2=O)C(=O)N1. The predicted octanol–water partition coefficient (Wildman–Crippen LogP) is 1.39. The highest BCUT2D eigenvalue weighted by atomic mass is 16.4. The van der Waals surface area contributed by atoms with Crippen LogP contribution < -0.4 is 10.6 Å². The Bertz CT molecular complexity index is 870. The number of imide groups is 1. The number of anilines is 1. The Morgan fingerprint density at radius 2 is 2.03 bits per heavy atom. The van der Waals surface area contributed by atoms with Crippen LogP contribution in [0.15, 0.2) is 18.2 Å². The first-order valence-corrected chi connectivity index (χ1v) is 9.95. The molecule has 2 atom stereocenters. The van der Waals surface area contributed by atoms with Crippen LogP contribution in [-0.2, 0) is 16.1 Å². The van der Waals surface area contributed by atoms with Gasteiger partial charge in [-0.25, -0.2) is 4.79 Å². The monoisotopic (exact) mass is 400 g/mol. The van der Waals surface area contributed by atoms with Crippen molar-refractivity contribution in [2.45, 2.75) is 50.7 Å². The van der Waals surface area contributed by atoms with Gasteiger partial charge in [-0.15, -0.1) is 0 Å². The number of nitrogens with one attached hydrogen (secondary N) is 2. The minimum absolute atomic E-state index is 0.0730. The number of rotatable bonds is 4. The highest BCUT2D eigenvalue weighted by Crippen LogP contribution is 2.29. The van der Waals surface area contributed by atoms with Gasteiger partial charge in [0.2, 0.25) is 11.8 Å². The largest absolute Gasteiger partial charge is 0.465 e. The third-order valence-corrected chi connectivity index (χ3v) is 5.94. The molecule has 0 aromatic heterocycles. The molecule has 3 heterocycles. The van der Waals surface area contributed by atoms with Crippen LogP contribution >= 0.6 is 0 Å². The zero-order valence-electron chi connectivity index (χ0n) is 16.0. The van der Waals surface area contributed by atoms with E-state index in [4.69, 9.17) is 0 Å². The number of piperidine rings is 2. The maximum atomic E-state index is 12.7. The van der Waals surface area contributed by atoms with Gasteiger partial charge in [-0.05, 0) is 49.4 Å². The molecule has 2 saturated heterocycles. The quantitative estimate of drug-likeness (QED) is 0.657. The van der Waals surface area contributed by atoms with E-state index in [2.05, 4.69) is 10.6 Å². The van der Waals surface area contributed by atoms with Crippen molar-refractivity contribution in [1.82, 2.24) is 15.1 Å². The Balaban J connectivity index is 1.43. The van der Waals surface area contributed by atoms with Crippen LogP contribution in [0.3, 0.4) is 0 Å². The molecular formula is C20H24N4O5. The maximum absolute atomic E-state index is 12.7. The molecule has 2 unspecified atom stereocenters. The first-order valence-electron chi connectivity index (χ1n) is 9.95. The van der Waals surface area contributed by atoms with E-state index in [9.17, 15) is 24.3 Å². The maximum Gasteiger partial charge on any atom is 0.407 e. The van der Waals surface area contributed by atoms with Gasteiger partial charge in [-0.3, -0.25) is 19.7 Å². The van der Waals surface area contributed by atoms with Crippen LogP contribution in [0.25, 0.3) is 0 Å². The summed E-state index contributed by atoms with van der Waals surface area (Å²) in [5.41, 5.74) is 2.20. The molecule has 0 saturated carbocycles. The van der Waals surface area contributed by atoms with Gasteiger partial charge in [-0.1, -0.05) is 0 Å². The number of likely N-dealkylation sites (tertiary alicyclic amines) is 1. The third kappa shape index (κ3) is 3.76. The first-order chi connectivity index (χ1) is 13.9. The Labute approximate surface area is 168 Å². The summed E-state index contributed by atoms with van der Waals surface area (Å²) >= 11 is 0. The highest BCUT2D eigenvalue weighted by molar-refractivity contribution is 6.05. The number of carbonyl (C=O) groups is 4. The van der Waals surface area contributed by atoms with E-state index in [0.29, 0.717) is 31.6 Å². The van der Waals surface area contributed by atoms with Crippen LogP contribution in [-0.4, -0.2) is 63.9 Å². The summed E-state index contributed by atoms with van der Waals surface area (Å²) in [5.74, 6) is -0.933. The molecule has 3 aliphatic rings. The summed E-state index contributed by atoms with van der Waals surface area (Å²) in [7, 11) is 0. The lowest BCUT2D eigenvalue weighted by Crippen LogP contribution is -2.52. The van der Waals surface area contributed by atoms with Crippen LogP contribution in [0.1, 0.15) is 48.0 Å². The highest BCUT2D eigenvalue weighted by Gasteiger charge is 2.39. The van der Waals surface area contributed by atoms with Crippen molar-refractivity contribution in [3.05, 3.63) is 29.3 Å². The Kier molecular flexibility index (Phi) is 5.12. The summed E-state index contributed by atoms with van der Waals surface area (Å²) in [5, 5.41) is 14.9. The number of carboxylic acid groups (broad SMARTS) is 1. The fraction of sp³-hybridized carbons (Fsp3) is 0.500. The summed E-state index contributed by atoms with van der Waals surface area (Å²) in [6.45, 7) is 1.39. The topological polar surface area (TPSA) is 119 Å². The molecule has 1 aromatic carbocycles. The second kappa shape index (κ2) is 7.73. The molecule has 3 N–H and O–H groups in total. The van der Waals surface area contributed by atoms with E-state index in [1.807, 2.05) is 6.07 Å². The Hall–Kier alpha value is -3.10. The molecule has 9 nitrogen and oxygen atoms in total. The average Bonchev–Trinajstić information content (AvgIpc) is 3.02. The smallest absolute Gasteiger partial charge is 0.407 e. The van der Waals surface area contributed by atoms with Crippen LogP contribution in [0.4, 0.5) is 10.5 Å².